The molecule has 3 heteroatoms. The van der Waals surface area contributed by atoms with Gasteiger partial charge >= 0.3 is 0 Å². The lowest BCUT2D eigenvalue weighted by Crippen LogP contribution is -2.52. The molecule has 4 N–H and O–H groups in total. The minimum absolute atomic E-state index is 0.267. The molecule has 0 amide bonds. The molecule has 1 heterocycles. The molecule has 0 aliphatic carbocycles. The van der Waals surface area contributed by atoms with Gasteiger partial charge < -0.3 is 16.4 Å². The molecule has 1 fully saturated rings. The van der Waals surface area contributed by atoms with Gasteiger partial charge in [-0.15, -0.1) is 0 Å². The summed E-state index contributed by atoms with van der Waals surface area (Å²) in [4.78, 5) is 2.42. The van der Waals surface area contributed by atoms with Crippen molar-refractivity contribution < 1.29 is 0 Å². The number of unbranched alkanes of at least 4 members (excludes halogenated alkanes) is 1. The molecular formula is C15H25N3. The Kier molecular flexibility index (Phi) is 5.17. The van der Waals surface area contributed by atoms with Gasteiger partial charge in [0.2, 0.25) is 0 Å². The highest BCUT2D eigenvalue weighted by atomic mass is 15.2. The average molecular weight is 247 g/mol. The predicted molar refractivity (Wildman–Crippen MR) is 76.4 cm³/mol. The Hall–Kier alpha value is -0.900. The van der Waals surface area contributed by atoms with Gasteiger partial charge in [-0.3, -0.25) is 0 Å². The van der Waals surface area contributed by atoms with Gasteiger partial charge in [0, 0.05) is 25.2 Å². The topological polar surface area (TPSA) is 55.3 Å². The van der Waals surface area contributed by atoms with Crippen molar-refractivity contribution in [3.8, 4) is 0 Å². The third-order valence-electron chi connectivity index (χ3n) is 3.62. The molecule has 0 radical (unpaired) electrons. The standard InChI is InChI=1S/C15H25N3/c16-14-10-15(17)12-18(11-14)9-5-4-8-13-6-2-1-3-7-13/h1-3,6-7,14-15H,4-5,8-12,16-17H2/t14-,15+. The van der Waals surface area contributed by atoms with Crippen LogP contribution in [0.1, 0.15) is 24.8 Å². The summed E-state index contributed by atoms with van der Waals surface area (Å²) in [6.07, 6.45) is 4.62. The van der Waals surface area contributed by atoms with E-state index in [1.807, 2.05) is 0 Å². The van der Waals surface area contributed by atoms with Crippen LogP contribution in [0, 0.1) is 0 Å². The number of hydrogen-bond acceptors (Lipinski definition) is 3. The Morgan fingerprint density at radius 1 is 1.00 bits per heavy atom. The van der Waals surface area contributed by atoms with Crippen molar-refractivity contribution in [3.63, 3.8) is 0 Å². The van der Waals surface area contributed by atoms with E-state index in [4.69, 9.17) is 11.5 Å². The molecule has 0 saturated carbocycles. The van der Waals surface area contributed by atoms with Crippen LogP contribution in [0.25, 0.3) is 0 Å². The van der Waals surface area contributed by atoms with Crippen molar-refractivity contribution in [3.05, 3.63) is 35.9 Å². The van der Waals surface area contributed by atoms with E-state index in [9.17, 15) is 0 Å². The summed E-state index contributed by atoms with van der Waals surface area (Å²) < 4.78 is 0. The normalized spacial score (nSPS) is 25.2. The van der Waals surface area contributed by atoms with Crippen molar-refractivity contribution >= 4 is 0 Å². The molecule has 0 bridgehead atoms. The first-order valence-corrected chi connectivity index (χ1v) is 7.01. The van der Waals surface area contributed by atoms with Crippen LogP contribution in [-0.4, -0.2) is 36.6 Å². The molecule has 1 aromatic carbocycles. The van der Waals surface area contributed by atoms with Gasteiger partial charge in [-0.1, -0.05) is 30.3 Å². The van der Waals surface area contributed by atoms with Gasteiger partial charge in [0.15, 0.2) is 0 Å². The summed E-state index contributed by atoms with van der Waals surface area (Å²) in [5.41, 5.74) is 13.4. The van der Waals surface area contributed by atoms with Crippen molar-refractivity contribution in [2.75, 3.05) is 19.6 Å². The lowest BCUT2D eigenvalue weighted by molar-refractivity contribution is 0.187. The largest absolute Gasteiger partial charge is 0.326 e. The lowest BCUT2D eigenvalue weighted by atomic mass is 10.0. The van der Waals surface area contributed by atoms with Crippen molar-refractivity contribution in [1.82, 2.24) is 4.90 Å². The first kappa shape index (κ1) is 13.5. The maximum absolute atomic E-state index is 5.99. The molecule has 3 nitrogen and oxygen atoms in total. The Balaban J connectivity index is 1.63. The Labute approximate surface area is 110 Å². The smallest absolute Gasteiger partial charge is 0.0183 e. The van der Waals surface area contributed by atoms with Crippen molar-refractivity contribution in [1.29, 1.82) is 0 Å². The summed E-state index contributed by atoms with van der Waals surface area (Å²) in [5.74, 6) is 0. The third kappa shape index (κ3) is 4.41. The molecule has 2 atom stereocenters. The Morgan fingerprint density at radius 3 is 2.33 bits per heavy atom. The molecule has 1 aliphatic heterocycles. The van der Waals surface area contributed by atoms with Gasteiger partial charge in [0.25, 0.3) is 0 Å². The van der Waals surface area contributed by atoms with Gasteiger partial charge in [0.05, 0.1) is 0 Å². The van der Waals surface area contributed by atoms with Crippen LogP contribution < -0.4 is 11.5 Å². The predicted octanol–water partition coefficient (Wildman–Crippen LogP) is 1.37. The van der Waals surface area contributed by atoms with Crippen LogP contribution in [0.4, 0.5) is 0 Å². The van der Waals surface area contributed by atoms with Gasteiger partial charge in [0.1, 0.15) is 0 Å². The van der Waals surface area contributed by atoms with Crippen LogP contribution in [0.15, 0.2) is 30.3 Å². The molecule has 1 aliphatic rings. The zero-order valence-electron chi connectivity index (χ0n) is 11.1. The minimum atomic E-state index is 0.267. The van der Waals surface area contributed by atoms with E-state index in [1.54, 1.807) is 0 Å². The van der Waals surface area contributed by atoms with E-state index in [1.165, 1.54) is 24.8 Å². The van der Waals surface area contributed by atoms with E-state index in [0.29, 0.717) is 0 Å². The Morgan fingerprint density at radius 2 is 1.67 bits per heavy atom. The maximum Gasteiger partial charge on any atom is 0.0183 e. The maximum atomic E-state index is 5.99. The number of hydrogen-bond donors (Lipinski definition) is 2. The number of piperidine rings is 1. The highest BCUT2D eigenvalue weighted by Gasteiger charge is 2.21. The van der Waals surface area contributed by atoms with Crippen LogP contribution in [-0.2, 0) is 6.42 Å². The molecule has 2 rings (SSSR count). The van der Waals surface area contributed by atoms with Crippen LogP contribution in [0.5, 0.6) is 0 Å². The van der Waals surface area contributed by atoms with Crippen molar-refractivity contribution in [2.24, 2.45) is 11.5 Å². The van der Waals surface area contributed by atoms with E-state index in [-0.39, 0.29) is 12.1 Å². The molecule has 1 aromatic rings. The van der Waals surface area contributed by atoms with Crippen molar-refractivity contribution in [2.45, 2.75) is 37.8 Å². The van der Waals surface area contributed by atoms with E-state index in [2.05, 4.69) is 35.2 Å². The van der Waals surface area contributed by atoms with Gasteiger partial charge in [-0.05, 0) is 37.8 Å². The second-order valence-corrected chi connectivity index (χ2v) is 5.46. The fraction of sp³-hybridized carbons (Fsp3) is 0.600. The highest BCUT2D eigenvalue weighted by Crippen LogP contribution is 2.10. The molecule has 0 aromatic heterocycles. The van der Waals surface area contributed by atoms with Crippen LogP contribution in [0.2, 0.25) is 0 Å². The van der Waals surface area contributed by atoms with Gasteiger partial charge in [-0.25, -0.2) is 0 Å². The molecule has 1 saturated heterocycles. The zero-order valence-corrected chi connectivity index (χ0v) is 11.1. The summed E-state index contributed by atoms with van der Waals surface area (Å²) >= 11 is 0. The molecule has 18 heavy (non-hydrogen) atoms. The average Bonchev–Trinajstić information content (AvgIpc) is 2.35. The minimum Gasteiger partial charge on any atom is -0.326 e. The first-order chi connectivity index (χ1) is 8.74. The number of aryl methyl sites for hydroxylation is 1. The number of nitrogens with two attached hydrogens (primary N) is 2. The summed E-state index contributed by atoms with van der Waals surface area (Å²) in [6.45, 7) is 3.16. The van der Waals surface area contributed by atoms with E-state index < -0.39 is 0 Å². The molecule has 0 spiro atoms. The van der Waals surface area contributed by atoms with Crippen LogP contribution >= 0.6 is 0 Å². The Bertz CT molecular complexity index is 329. The number of benzene rings is 1. The molecule has 100 valence electrons. The lowest BCUT2D eigenvalue weighted by Gasteiger charge is -2.34. The number of rotatable bonds is 5. The summed E-state index contributed by atoms with van der Waals surface area (Å²) in [5, 5.41) is 0. The monoisotopic (exact) mass is 247 g/mol. The fourth-order valence-corrected chi connectivity index (χ4v) is 2.77. The second-order valence-electron chi connectivity index (χ2n) is 5.46. The number of nitrogens with zero attached hydrogens (tertiary/aromatic N) is 1. The fourth-order valence-electron chi connectivity index (χ4n) is 2.77. The second kappa shape index (κ2) is 6.88. The highest BCUT2D eigenvalue weighted by molar-refractivity contribution is 5.14. The first-order valence-electron chi connectivity index (χ1n) is 7.01. The number of likely N-dealkylation sites (tertiary alicyclic amines) is 1. The molecule has 0 unspecified atom stereocenters. The van der Waals surface area contributed by atoms with E-state index >= 15 is 0 Å². The van der Waals surface area contributed by atoms with Crippen LogP contribution in [0.3, 0.4) is 0 Å². The van der Waals surface area contributed by atoms with E-state index in [0.717, 1.165) is 26.1 Å². The third-order valence-corrected chi connectivity index (χ3v) is 3.62. The summed E-state index contributed by atoms with van der Waals surface area (Å²) in [6, 6.07) is 11.2. The zero-order chi connectivity index (χ0) is 12.8. The SMILES string of the molecule is N[C@@H]1C[C@H](N)CN(CCCCc2ccccc2)C1. The quantitative estimate of drug-likeness (QED) is 0.773. The molecular weight excluding hydrogens is 222 g/mol. The summed E-state index contributed by atoms with van der Waals surface area (Å²) in [7, 11) is 0. The van der Waals surface area contributed by atoms with Gasteiger partial charge in [-0.2, -0.15) is 0 Å².